The Kier molecular flexibility index (Phi) is 4.31. The van der Waals surface area contributed by atoms with Gasteiger partial charge in [0.1, 0.15) is 0 Å². The first-order valence-electron chi connectivity index (χ1n) is 6.68. The number of hydrogen-bond acceptors (Lipinski definition) is 4. The van der Waals surface area contributed by atoms with Crippen molar-refractivity contribution in [3.63, 3.8) is 0 Å². The van der Waals surface area contributed by atoms with Crippen LogP contribution in [0, 0.1) is 0 Å². The number of halogens is 1. The smallest absolute Gasteiger partial charge is 0.216 e. The van der Waals surface area contributed by atoms with Crippen molar-refractivity contribution in [3.05, 3.63) is 50.9 Å². The van der Waals surface area contributed by atoms with Gasteiger partial charge in [-0.1, -0.05) is 29.8 Å². The maximum absolute atomic E-state index is 12.1. The highest BCUT2D eigenvalue weighted by Crippen LogP contribution is 2.41. The van der Waals surface area contributed by atoms with Crippen LogP contribution in [0.2, 0.25) is 5.02 Å². The van der Waals surface area contributed by atoms with Gasteiger partial charge in [0.15, 0.2) is 0 Å². The summed E-state index contributed by atoms with van der Waals surface area (Å²) in [4.78, 5) is 4.47. The largest absolute Gasteiger partial charge is 0.245 e. The SMILES string of the molecule is O=S(=O)(Cc1ccccc1Cl)NCc1csc(C2CC2)n1. The Labute approximate surface area is 133 Å². The molecule has 4 nitrogen and oxygen atoms in total. The van der Waals surface area contributed by atoms with Gasteiger partial charge in [0.2, 0.25) is 10.0 Å². The molecule has 1 saturated carbocycles. The van der Waals surface area contributed by atoms with Gasteiger partial charge in [0.05, 0.1) is 23.0 Å². The second-order valence-electron chi connectivity index (χ2n) is 5.12. The number of benzene rings is 1. The van der Waals surface area contributed by atoms with E-state index < -0.39 is 10.0 Å². The van der Waals surface area contributed by atoms with Crippen molar-refractivity contribution in [1.82, 2.24) is 9.71 Å². The predicted octanol–water partition coefficient (Wildman–Crippen LogP) is 3.29. The molecule has 0 unspecified atom stereocenters. The summed E-state index contributed by atoms with van der Waals surface area (Å²) in [6, 6.07) is 6.96. The summed E-state index contributed by atoms with van der Waals surface area (Å²) in [6.45, 7) is 0.232. The molecular weight excluding hydrogens is 328 g/mol. The van der Waals surface area contributed by atoms with Crippen LogP contribution in [0.1, 0.15) is 35.0 Å². The van der Waals surface area contributed by atoms with Gasteiger partial charge in [-0.25, -0.2) is 18.1 Å². The standard InChI is InChI=1S/C14H15ClN2O2S2/c15-13-4-2-1-3-11(13)9-21(18,19)16-7-12-8-20-14(17-12)10-5-6-10/h1-4,8,10,16H,5-7,9H2. The lowest BCUT2D eigenvalue weighted by atomic mass is 10.2. The Morgan fingerprint density at radius 3 is 2.81 bits per heavy atom. The fraction of sp³-hybridized carbons (Fsp3) is 0.357. The van der Waals surface area contributed by atoms with E-state index in [0.717, 1.165) is 10.7 Å². The van der Waals surface area contributed by atoms with E-state index in [1.807, 2.05) is 5.38 Å². The second kappa shape index (κ2) is 6.04. The molecule has 112 valence electrons. The van der Waals surface area contributed by atoms with Crippen molar-refractivity contribution < 1.29 is 8.42 Å². The van der Waals surface area contributed by atoms with Crippen LogP contribution in [0.15, 0.2) is 29.6 Å². The first kappa shape index (κ1) is 15.0. The zero-order valence-electron chi connectivity index (χ0n) is 11.3. The third-order valence-corrected chi connectivity index (χ3v) is 5.97. The van der Waals surface area contributed by atoms with Crippen molar-refractivity contribution in [2.75, 3.05) is 0 Å². The molecule has 0 atom stereocenters. The molecule has 0 spiro atoms. The van der Waals surface area contributed by atoms with Gasteiger partial charge >= 0.3 is 0 Å². The number of sulfonamides is 1. The van der Waals surface area contributed by atoms with Crippen LogP contribution >= 0.6 is 22.9 Å². The number of thiazole rings is 1. The molecule has 0 radical (unpaired) electrons. The van der Waals surface area contributed by atoms with Gasteiger partial charge in [0, 0.05) is 16.3 Å². The van der Waals surface area contributed by atoms with E-state index >= 15 is 0 Å². The highest BCUT2D eigenvalue weighted by atomic mass is 35.5. The van der Waals surface area contributed by atoms with E-state index in [-0.39, 0.29) is 12.3 Å². The number of aromatic nitrogens is 1. The minimum Gasteiger partial charge on any atom is -0.245 e. The van der Waals surface area contributed by atoms with E-state index in [0.29, 0.717) is 16.5 Å². The van der Waals surface area contributed by atoms with Gasteiger partial charge in [-0.3, -0.25) is 0 Å². The Balaban J connectivity index is 1.61. The molecule has 0 saturated heterocycles. The predicted molar refractivity (Wildman–Crippen MR) is 85.0 cm³/mol. The monoisotopic (exact) mass is 342 g/mol. The number of nitrogens with zero attached hydrogens (tertiary/aromatic N) is 1. The van der Waals surface area contributed by atoms with Crippen molar-refractivity contribution in [1.29, 1.82) is 0 Å². The van der Waals surface area contributed by atoms with Crippen LogP contribution in [0.3, 0.4) is 0 Å². The molecular formula is C14H15ClN2O2S2. The summed E-state index contributed by atoms with van der Waals surface area (Å²) in [5.41, 5.74) is 1.38. The molecule has 1 aliphatic rings. The summed E-state index contributed by atoms with van der Waals surface area (Å²) in [7, 11) is -3.42. The maximum Gasteiger partial charge on any atom is 0.216 e. The van der Waals surface area contributed by atoms with Crippen LogP contribution in [-0.4, -0.2) is 13.4 Å². The zero-order chi connectivity index (χ0) is 14.9. The lowest BCUT2D eigenvalue weighted by molar-refractivity contribution is 0.579. The zero-order valence-corrected chi connectivity index (χ0v) is 13.6. The summed E-state index contributed by atoms with van der Waals surface area (Å²) in [5.74, 6) is 0.482. The summed E-state index contributed by atoms with van der Waals surface area (Å²) in [5, 5.41) is 3.51. The number of hydrogen-bond donors (Lipinski definition) is 1. The Morgan fingerprint density at radius 2 is 2.10 bits per heavy atom. The van der Waals surface area contributed by atoms with Crippen molar-refractivity contribution in [3.8, 4) is 0 Å². The van der Waals surface area contributed by atoms with Gasteiger partial charge in [-0.05, 0) is 24.5 Å². The van der Waals surface area contributed by atoms with E-state index in [9.17, 15) is 8.42 Å². The molecule has 1 aliphatic carbocycles. The first-order valence-corrected chi connectivity index (χ1v) is 9.59. The van der Waals surface area contributed by atoms with Gasteiger partial charge < -0.3 is 0 Å². The minimum absolute atomic E-state index is 0.119. The third-order valence-electron chi connectivity index (χ3n) is 3.27. The molecule has 21 heavy (non-hydrogen) atoms. The molecule has 3 rings (SSSR count). The minimum atomic E-state index is -3.42. The fourth-order valence-electron chi connectivity index (χ4n) is 1.98. The van der Waals surface area contributed by atoms with Crippen molar-refractivity contribution >= 4 is 33.0 Å². The molecule has 1 N–H and O–H groups in total. The topological polar surface area (TPSA) is 59.1 Å². The third kappa shape index (κ3) is 4.03. The summed E-state index contributed by atoms with van der Waals surface area (Å²) < 4.78 is 26.8. The molecule has 1 aromatic heterocycles. The normalized spacial score (nSPS) is 15.3. The van der Waals surface area contributed by atoms with Crippen LogP contribution in [0.4, 0.5) is 0 Å². The van der Waals surface area contributed by atoms with E-state index in [4.69, 9.17) is 11.6 Å². The molecule has 0 amide bonds. The Bertz CT molecular complexity index is 739. The molecule has 1 aromatic carbocycles. The van der Waals surface area contributed by atoms with Gasteiger partial charge in [-0.2, -0.15) is 0 Å². The van der Waals surface area contributed by atoms with Crippen LogP contribution < -0.4 is 4.72 Å². The molecule has 1 fully saturated rings. The Morgan fingerprint density at radius 1 is 1.33 bits per heavy atom. The van der Waals surface area contributed by atoms with Crippen molar-refractivity contribution in [2.24, 2.45) is 0 Å². The van der Waals surface area contributed by atoms with E-state index in [1.165, 1.54) is 12.8 Å². The van der Waals surface area contributed by atoms with Gasteiger partial charge in [0.25, 0.3) is 0 Å². The van der Waals surface area contributed by atoms with Crippen LogP contribution in [0.5, 0.6) is 0 Å². The lowest BCUT2D eigenvalue weighted by Gasteiger charge is -2.06. The van der Waals surface area contributed by atoms with E-state index in [2.05, 4.69) is 9.71 Å². The molecule has 2 aromatic rings. The quantitative estimate of drug-likeness (QED) is 0.876. The summed E-state index contributed by atoms with van der Waals surface area (Å²) >= 11 is 7.60. The molecule has 0 bridgehead atoms. The molecule has 0 aliphatic heterocycles. The van der Waals surface area contributed by atoms with Crippen LogP contribution in [0.25, 0.3) is 0 Å². The fourth-order valence-corrected chi connectivity index (χ4v) is 4.38. The average Bonchev–Trinajstić information content (AvgIpc) is 3.18. The lowest BCUT2D eigenvalue weighted by Crippen LogP contribution is -2.25. The number of rotatable bonds is 6. The highest BCUT2D eigenvalue weighted by molar-refractivity contribution is 7.88. The average molecular weight is 343 g/mol. The second-order valence-corrected chi connectivity index (χ2v) is 8.23. The summed E-state index contributed by atoms with van der Waals surface area (Å²) in [6.07, 6.45) is 2.40. The highest BCUT2D eigenvalue weighted by Gasteiger charge is 2.26. The maximum atomic E-state index is 12.1. The van der Waals surface area contributed by atoms with E-state index in [1.54, 1.807) is 35.6 Å². The molecule has 1 heterocycles. The molecule has 7 heteroatoms. The van der Waals surface area contributed by atoms with Crippen molar-refractivity contribution in [2.45, 2.75) is 31.1 Å². The van der Waals surface area contributed by atoms with Gasteiger partial charge in [-0.15, -0.1) is 11.3 Å². The Hall–Kier alpha value is -0.950. The number of nitrogens with one attached hydrogen (secondary N) is 1. The van der Waals surface area contributed by atoms with Crippen LogP contribution in [-0.2, 0) is 22.3 Å². The first-order chi connectivity index (χ1) is 10.0.